The minimum atomic E-state index is 0. The molecule has 0 unspecified atom stereocenters. The summed E-state index contributed by atoms with van der Waals surface area (Å²) in [7, 11) is 0. The Morgan fingerprint density at radius 1 is 1.00 bits per heavy atom. The number of nitrogens with zero attached hydrogens (tertiary/aromatic N) is 2. The Hall–Kier alpha value is -1.43. The normalized spacial score (nSPS) is 14.0. The van der Waals surface area contributed by atoms with Crippen LogP contribution in [0.3, 0.4) is 0 Å². The predicted molar refractivity (Wildman–Crippen MR) is 97.8 cm³/mol. The van der Waals surface area contributed by atoms with Crippen molar-refractivity contribution in [3.05, 3.63) is 47.3 Å². The average Bonchev–Trinajstić information content (AvgIpc) is 3.01. The molecule has 0 radical (unpaired) electrons. The Balaban J connectivity index is 0.00000121. The Morgan fingerprint density at radius 3 is 2.27 bits per heavy atom. The Bertz CT molecular complexity index is 599. The van der Waals surface area contributed by atoms with Crippen molar-refractivity contribution in [2.45, 2.75) is 0 Å². The monoisotopic (exact) mass is 359 g/mol. The molecule has 22 heavy (non-hydrogen) atoms. The molecule has 1 fully saturated rings. The number of benzene rings is 1. The number of piperazine rings is 1. The van der Waals surface area contributed by atoms with Gasteiger partial charge in [0.2, 0.25) is 0 Å². The average molecular weight is 360 g/mol. The Kier molecular flexibility index (Phi) is 7.00. The number of anilines is 2. The standard InChI is InChI=1S/C15H17N3OS.2ClH/c16-13-5-2-1-4-12(13)15(19)18-9-7-17(8-10-18)14-6-3-11-20-14;;/h1-6,11H,7-10,16H2;2*1H. The number of nitrogens with two attached hydrogens (primary N) is 1. The molecular formula is C15H19Cl2N3OS. The molecule has 0 atom stereocenters. The summed E-state index contributed by atoms with van der Waals surface area (Å²) in [6.45, 7) is 3.23. The van der Waals surface area contributed by atoms with Gasteiger partial charge in [-0.1, -0.05) is 12.1 Å². The zero-order valence-electron chi connectivity index (χ0n) is 12.0. The maximum absolute atomic E-state index is 12.4. The van der Waals surface area contributed by atoms with E-state index in [1.165, 1.54) is 5.00 Å². The smallest absolute Gasteiger partial charge is 0.256 e. The van der Waals surface area contributed by atoms with E-state index in [1.807, 2.05) is 17.0 Å². The number of hydrogen-bond acceptors (Lipinski definition) is 4. The molecule has 1 saturated heterocycles. The van der Waals surface area contributed by atoms with Crippen LogP contribution >= 0.6 is 36.2 Å². The summed E-state index contributed by atoms with van der Waals surface area (Å²) in [5.41, 5.74) is 7.04. The molecule has 2 heterocycles. The molecule has 1 aliphatic rings. The van der Waals surface area contributed by atoms with Gasteiger partial charge in [-0.2, -0.15) is 0 Å². The number of carbonyl (C=O) groups excluding carboxylic acids is 1. The summed E-state index contributed by atoms with van der Waals surface area (Å²) in [6, 6.07) is 11.4. The van der Waals surface area contributed by atoms with Crippen molar-refractivity contribution < 1.29 is 4.79 Å². The van der Waals surface area contributed by atoms with E-state index in [0.29, 0.717) is 11.3 Å². The largest absolute Gasteiger partial charge is 0.398 e. The molecule has 0 bridgehead atoms. The van der Waals surface area contributed by atoms with Crippen LogP contribution in [0.1, 0.15) is 10.4 Å². The van der Waals surface area contributed by atoms with Crippen molar-refractivity contribution in [2.75, 3.05) is 36.8 Å². The van der Waals surface area contributed by atoms with E-state index in [4.69, 9.17) is 5.73 Å². The number of hydrogen-bond donors (Lipinski definition) is 1. The van der Waals surface area contributed by atoms with Crippen molar-refractivity contribution >= 4 is 52.7 Å². The van der Waals surface area contributed by atoms with Gasteiger partial charge in [0, 0.05) is 31.9 Å². The predicted octanol–water partition coefficient (Wildman–Crippen LogP) is 3.14. The third kappa shape index (κ3) is 3.85. The minimum Gasteiger partial charge on any atom is -0.398 e. The van der Waals surface area contributed by atoms with E-state index < -0.39 is 0 Å². The van der Waals surface area contributed by atoms with Crippen molar-refractivity contribution in [3.8, 4) is 0 Å². The van der Waals surface area contributed by atoms with Crippen LogP contribution in [0.5, 0.6) is 0 Å². The highest BCUT2D eigenvalue weighted by atomic mass is 35.5. The lowest BCUT2D eigenvalue weighted by molar-refractivity contribution is 0.0748. The van der Waals surface area contributed by atoms with Gasteiger partial charge in [0.15, 0.2) is 0 Å². The summed E-state index contributed by atoms with van der Waals surface area (Å²) in [5.74, 6) is 0.0360. The van der Waals surface area contributed by atoms with Crippen molar-refractivity contribution in [1.29, 1.82) is 0 Å². The number of halogens is 2. The van der Waals surface area contributed by atoms with Gasteiger partial charge in [-0.3, -0.25) is 4.79 Å². The first-order valence-corrected chi connectivity index (χ1v) is 7.56. The fraction of sp³-hybridized carbons (Fsp3) is 0.267. The maximum Gasteiger partial charge on any atom is 0.256 e. The summed E-state index contributed by atoms with van der Waals surface area (Å²) in [4.78, 5) is 16.7. The number of para-hydroxylation sites is 1. The molecule has 2 N–H and O–H groups in total. The van der Waals surface area contributed by atoms with Gasteiger partial charge in [0.25, 0.3) is 5.91 Å². The minimum absolute atomic E-state index is 0. The van der Waals surface area contributed by atoms with Crippen LogP contribution in [0.15, 0.2) is 41.8 Å². The second kappa shape index (κ2) is 8.27. The van der Waals surface area contributed by atoms with Crippen LogP contribution in [0.25, 0.3) is 0 Å². The third-order valence-corrected chi connectivity index (χ3v) is 4.50. The molecule has 1 amide bonds. The lowest BCUT2D eigenvalue weighted by atomic mass is 10.1. The second-order valence-corrected chi connectivity index (χ2v) is 5.74. The van der Waals surface area contributed by atoms with Crippen LogP contribution in [0.4, 0.5) is 10.7 Å². The molecule has 2 aromatic rings. The van der Waals surface area contributed by atoms with Gasteiger partial charge in [-0.25, -0.2) is 0 Å². The summed E-state index contributed by atoms with van der Waals surface area (Å²) >= 11 is 1.74. The van der Waals surface area contributed by atoms with Crippen LogP contribution in [0, 0.1) is 0 Å². The molecule has 0 aliphatic carbocycles. The molecule has 7 heteroatoms. The van der Waals surface area contributed by atoms with E-state index in [1.54, 1.807) is 23.5 Å². The first-order chi connectivity index (χ1) is 9.75. The summed E-state index contributed by atoms with van der Waals surface area (Å²) < 4.78 is 0. The van der Waals surface area contributed by atoms with Crippen LogP contribution in [-0.4, -0.2) is 37.0 Å². The molecule has 1 aliphatic heterocycles. The third-order valence-electron chi connectivity index (χ3n) is 3.58. The highest BCUT2D eigenvalue weighted by molar-refractivity contribution is 7.14. The first-order valence-electron chi connectivity index (χ1n) is 6.68. The molecular weight excluding hydrogens is 341 g/mol. The van der Waals surface area contributed by atoms with E-state index >= 15 is 0 Å². The SMILES string of the molecule is Cl.Cl.Nc1ccccc1C(=O)N1CCN(c2cccs2)CC1. The quantitative estimate of drug-likeness (QED) is 0.837. The lowest BCUT2D eigenvalue weighted by Gasteiger charge is -2.35. The van der Waals surface area contributed by atoms with Gasteiger partial charge in [-0.15, -0.1) is 36.2 Å². The lowest BCUT2D eigenvalue weighted by Crippen LogP contribution is -2.48. The Morgan fingerprint density at radius 2 is 1.68 bits per heavy atom. The van der Waals surface area contributed by atoms with Gasteiger partial charge in [-0.05, 0) is 29.6 Å². The molecule has 120 valence electrons. The van der Waals surface area contributed by atoms with Crippen molar-refractivity contribution in [3.63, 3.8) is 0 Å². The molecule has 0 spiro atoms. The highest BCUT2D eigenvalue weighted by Crippen LogP contribution is 2.23. The second-order valence-electron chi connectivity index (χ2n) is 4.82. The fourth-order valence-corrected chi connectivity index (χ4v) is 3.23. The number of nitrogen functional groups attached to an aromatic ring is 1. The van der Waals surface area contributed by atoms with Crippen LogP contribution < -0.4 is 10.6 Å². The van der Waals surface area contributed by atoms with E-state index in [9.17, 15) is 4.79 Å². The number of amides is 1. The molecule has 0 saturated carbocycles. The van der Waals surface area contributed by atoms with Crippen LogP contribution in [-0.2, 0) is 0 Å². The van der Waals surface area contributed by atoms with E-state index in [-0.39, 0.29) is 30.7 Å². The Labute approximate surface area is 146 Å². The molecule has 3 rings (SSSR count). The number of rotatable bonds is 2. The van der Waals surface area contributed by atoms with E-state index in [0.717, 1.165) is 26.2 Å². The van der Waals surface area contributed by atoms with Crippen molar-refractivity contribution in [1.82, 2.24) is 4.90 Å². The number of thiophene rings is 1. The topological polar surface area (TPSA) is 49.6 Å². The van der Waals surface area contributed by atoms with Gasteiger partial charge in [0.1, 0.15) is 0 Å². The zero-order chi connectivity index (χ0) is 13.9. The van der Waals surface area contributed by atoms with Gasteiger partial charge >= 0.3 is 0 Å². The van der Waals surface area contributed by atoms with Gasteiger partial charge < -0.3 is 15.5 Å². The van der Waals surface area contributed by atoms with Gasteiger partial charge in [0.05, 0.1) is 10.6 Å². The van der Waals surface area contributed by atoms with Crippen LogP contribution in [0.2, 0.25) is 0 Å². The van der Waals surface area contributed by atoms with Crippen molar-refractivity contribution in [2.24, 2.45) is 0 Å². The summed E-state index contributed by atoms with van der Waals surface area (Å²) in [6.07, 6.45) is 0. The molecule has 1 aromatic heterocycles. The maximum atomic E-state index is 12.4. The number of carbonyl (C=O) groups is 1. The zero-order valence-corrected chi connectivity index (χ0v) is 14.4. The molecule has 1 aromatic carbocycles. The molecule has 4 nitrogen and oxygen atoms in total. The highest BCUT2D eigenvalue weighted by Gasteiger charge is 2.23. The van der Waals surface area contributed by atoms with E-state index in [2.05, 4.69) is 22.4 Å². The summed E-state index contributed by atoms with van der Waals surface area (Å²) in [5, 5.41) is 3.36. The first kappa shape index (κ1) is 18.6. The fourth-order valence-electron chi connectivity index (χ4n) is 2.44.